The third-order valence-electron chi connectivity index (χ3n) is 4.66. The van der Waals surface area contributed by atoms with Crippen LogP contribution >= 0.6 is 11.6 Å². The summed E-state index contributed by atoms with van der Waals surface area (Å²) in [5, 5.41) is 0.673. The molecule has 2 aromatic carbocycles. The first-order chi connectivity index (χ1) is 12.2. The highest BCUT2D eigenvalue weighted by atomic mass is 35.5. The highest BCUT2D eigenvalue weighted by Gasteiger charge is 2.33. The molecule has 8 heteroatoms. The molecule has 0 atom stereocenters. The number of hydrogen-bond donors (Lipinski definition) is 1. The molecular formula is C18H20ClNO4S2. The van der Waals surface area contributed by atoms with E-state index in [0.717, 1.165) is 5.56 Å². The summed E-state index contributed by atoms with van der Waals surface area (Å²) in [5.41, 5.74) is 1.14. The molecule has 0 aliphatic heterocycles. The number of hydrogen-bond acceptors (Lipinski definition) is 4. The van der Waals surface area contributed by atoms with Gasteiger partial charge >= 0.3 is 0 Å². The average molecular weight is 414 g/mol. The summed E-state index contributed by atoms with van der Waals surface area (Å²) in [6.45, 7) is 1.53. The second-order valence-electron chi connectivity index (χ2n) is 6.42. The third kappa shape index (κ3) is 4.11. The molecule has 3 rings (SSSR count). The van der Waals surface area contributed by atoms with Gasteiger partial charge in [0, 0.05) is 11.1 Å². The second kappa shape index (κ2) is 7.31. The smallest absolute Gasteiger partial charge is 0.224 e. The van der Waals surface area contributed by atoms with Crippen molar-refractivity contribution in [2.75, 3.05) is 5.75 Å². The molecule has 0 aromatic heterocycles. The highest BCUT2D eigenvalue weighted by Crippen LogP contribution is 2.38. The first-order valence-corrected chi connectivity index (χ1v) is 11.8. The Morgan fingerprint density at radius 3 is 2.23 bits per heavy atom. The van der Waals surface area contributed by atoms with E-state index in [-0.39, 0.29) is 21.6 Å². The van der Waals surface area contributed by atoms with Crippen LogP contribution in [0.1, 0.15) is 31.2 Å². The van der Waals surface area contributed by atoms with Gasteiger partial charge in [-0.1, -0.05) is 36.7 Å². The van der Waals surface area contributed by atoms with Crippen LogP contribution in [0.15, 0.2) is 58.3 Å². The maximum absolute atomic E-state index is 12.6. The van der Waals surface area contributed by atoms with Crippen molar-refractivity contribution in [3.8, 4) is 0 Å². The number of halogens is 1. The van der Waals surface area contributed by atoms with E-state index in [4.69, 9.17) is 11.6 Å². The molecule has 0 spiro atoms. The summed E-state index contributed by atoms with van der Waals surface area (Å²) in [7, 11) is -7.21. The molecule has 140 valence electrons. The summed E-state index contributed by atoms with van der Waals surface area (Å²) in [6.07, 6.45) is 1.40. The standard InChI is InChI=1S/C18H20ClNO4S2/c1-2-25(21,22)17-4-3-5-18(12-17)26(23,24)20-16-10-14(11-16)13-6-8-15(19)9-7-13/h3-9,12,14,16,20H,2,10-11H2,1H3. The Morgan fingerprint density at radius 1 is 1.00 bits per heavy atom. The molecular weight excluding hydrogens is 394 g/mol. The summed E-state index contributed by atoms with van der Waals surface area (Å²) in [4.78, 5) is -0.00232. The Kier molecular flexibility index (Phi) is 5.44. The maximum Gasteiger partial charge on any atom is 0.240 e. The van der Waals surface area contributed by atoms with Crippen molar-refractivity contribution >= 4 is 31.5 Å². The number of sulfonamides is 1. The molecule has 0 heterocycles. The van der Waals surface area contributed by atoms with Gasteiger partial charge < -0.3 is 0 Å². The van der Waals surface area contributed by atoms with Crippen LogP contribution in [0.4, 0.5) is 0 Å². The molecule has 0 amide bonds. The average Bonchev–Trinajstić information content (AvgIpc) is 2.59. The van der Waals surface area contributed by atoms with Crippen LogP contribution in [0.3, 0.4) is 0 Å². The van der Waals surface area contributed by atoms with Gasteiger partial charge in [-0.15, -0.1) is 0 Å². The minimum absolute atomic E-state index is 0.0236. The minimum Gasteiger partial charge on any atom is -0.224 e. The molecule has 0 saturated heterocycles. The van der Waals surface area contributed by atoms with Crippen molar-refractivity contribution in [2.24, 2.45) is 0 Å². The van der Waals surface area contributed by atoms with Crippen LogP contribution in [0.2, 0.25) is 5.02 Å². The first-order valence-electron chi connectivity index (χ1n) is 8.32. The van der Waals surface area contributed by atoms with E-state index >= 15 is 0 Å². The van der Waals surface area contributed by atoms with E-state index in [0.29, 0.717) is 23.8 Å². The van der Waals surface area contributed by atoms with Crippen LogP contribution in [0, 0.1) is 0 Å². The van der Waals surface area contributed by atoms with Crippen LogP contribution < -0.4 is 4.72 Å². The molecule has 0 radical (unpaired) electrons. The van der Waals surface area contributed by atoms with Crippen molar-refractivity contribution in [3.63, 3.8) is 0 Å². The van der Waals surface area contributed by atoms with Crippen molar-refractivity contribution in [2.45, 2.75) is 41.5 Å². The quantitative estimate of drug-likeness (QED) is 0.787. The van der Waals surface area contributed by atoms with Gasteiger partial charge in [0.25, 0.3) is 0 Å². The Hall–Kier alpha value is -1.41. The lowest BCUT2D eigenvalue weighted by Gasteiger charge is -2.36. The van der Waals surface area contributed by atoms with Crippen LogP contribution in [-0.2, 0) is 19.9 Å². The van der Waals surface area contributed by atoms with Gasteiger partial charge in [0.05, 0.1) is 15.5 Å². The SMILES string of the molecule is CCS(=O)(=O)c1cccc(S(=O)(=O)NC2CC(c3ccc(Cl)cc3)C2)c1. The fraction of sp³-hybridized carbons (Fsp3) is 0.333. The predicted molar refractivity (Wildman–Crippen MR) is 102 cm³/mol. The van der Waals surface area contributed by atoms with Crippen molar-refractivity contribution in [1.29, 1.82) is 0 Å². The van der Waals surface area contributed by atoms with Crippen LogP contribution in [0.5, 0.6) is 0 Å². The molecule has 1 N–H and O–H groups in total. The fourth-order valence-corrected chi connectivity index (χ4v) is 5.44. The largest absolute Gasteiger partial charge is 0.240 e. The lowest BCUT2D eigenvalue weighted by molar-refractivity contribution is 0.326. The summed E-state index contributed by atoms with van der Waals surface area (Å²) >= 11 is 5.88. The van der Waals surface area contributed by atoms with Crippen molar-refractivity contribution in [1.82, 2.24) is 4.72 Å². The molecule has 0 unspecified atom stereocenters. The second-order valence-corrected chi connectivity index (χ2v) is 10.8. The number of nitrogens with one attached hydrogen (secondary N) is 1. The summed E-state index contributed by atoms with van der Waals surface area (Å²) in [6, 6.07) is 12.9. The van der Waals surface area contributed by atoms with Gasteiger partial charge in [-0.3, -0.25) is 0 Å². The molecule has 1 fully saturated rings. The Morgan fingerprint density at radius 2 is 1.62 bits per heavy atom. The van der Waals surface area contributed by atoms with E-state index in [9.17, 15) is 16.8 Å². The Balaban J connectivity index is 1.69. The third-order valence-corrected chi connectivity index (χ3v) is 8.16. The van der Waals surface area contributed by atoms with Crippen LogP contribution in [-0.4, -0.2) is 28.6 Å². The van der Waals surface area contributed by atoms with Gasteiger partial charge in [-0.25, -0.2) is 21.6 Å². The highest BCUT2D eigenvalue weighted by molar-refractivity contribution is 7.91. The molecule has 2 aromatic rings. The minimum atomic E-state index is -3.76. The lowest BCUT2D eigenvalue weighted by atomic mass is 9.76. The zero-order valence-electron chi connectivity index (χ0n) is 14.2. The zero-order chi connectivity index (χ0) is 18.9. The number of rotatable bonds is 6. The molecule has 1 aliphatic carbocycles. The van der Waals surface area contributed by atoms with Gasteiger partial charge in [0.15, 0.2) is 9.84 Å². The van der Waals surface area contributed by atoms with Gasteiger partial charge in [0.2, 0.25) is 10.0 Å². The Bertz CT molecular complexity index is 996. The van der Waals surface area contributed by atoms with E-state index in [1.165, 1.54) is 31.2 Å². The summed E-state index contributed by atoms with van der Waals surface area (Å²) in [5.74, 6) is 0.224. The predicted octanol–water partition coefficient (Wildman–Crippen LogP) is 3.36. The van der Waals surface area contributed by atoms with E-state index in [1.807, 2.05) is 24.3 Å². The molecule has 0 bridgehead atoms. The molecule has 26 heavy (non-hydrogen) atoms. The number of benzene rings is 2. The molecule has 1 aliphatic rings. The lowest BCUT2D eigenvalue weighted by Crippen LogP contribution is -2.43. The summed E-state index contributed by atoms with van der Waals surface area (Å²) < 4.78 is 51.7. The van der Waals surface area contributed by atoms with Gasteiger partial charge in [-0.2, -0.15) is 0 Å². The maximum atomic E-state index is 12.6. The fourth-order valence-electron chi connectivity index (χ4n) is 3.01. The normalized spacial score (nSPS) is 20.5. The van der Waals surface area contributed by atoms with E-state index < -0.39 is 19.9 Å². The Labute approximate surface area is 159 Å². The number of sulfone groups is 1. The molecule has 1 saturated carbocycles. The topological polar surface area (TPSA) is 80.3 Å². The van der Waals surface area contributed by atoms with Gasteiger partial charge in [0.1, 0.15) is 0 Å². The molecule has 5 nitrogen and oxygen atoms in total. The van der Waals surface area contributed by atoms with Crippen molar-refractivity contribution in [3.05, 3.63) is 59.1 Å². The van der Waals surface area contributed by atoms with Crippen LogP contribution in [0.25, 0.3) is 0 Å². The van der Waals surface area contributed by atoms with E-state index in [1.54, 1.807) is 0 Å². The van der Waals surface area contributed by atoms with Gasteiger partial charge in [-0.05, 0) is 54.7 Å². The van der Waals surface area contributed by atoms with Crippen molar-refractivity contribution < 1.29 is 16.8 Å². The first kappa shape index (κ1) is 19.4. The zero-order valence-corrected chi connectivity index (χ0v) is 16.6. The monoisotopic (exact) mass is 413 g/mol. The van der Waals surface area contributed by atoms with E-state index in [2.05, 4.69) is 4.72 Å².